The number of hydrogen-bond donors (Lipinski definition) is 1. The van der Waals surface area contributed by atoms with Crippen molar-refractivity contribution in [1.29, 1.82) is 0 Å². The van der Waals surface area contributed by atoms with Crippen LogP contribution in [0.1, 0.15) is 30.6 Å². The van der Waals surface area contributed by atoms with Gasteiger partial charge in [-0.15, -0.1) is 0 Å². The zero-order valence-electron chi connectivity index (χ0n) is 12.0. The lowest BCUT2D eigenvalue weighted by atomic mass is 10.1. The molecule has 2 saturated carbocycles. The van der Waals surface area contributed by atoms with E-state index in [0.717, 1.165) is 35.4 Å². The van der Waals surface area contributed by atoms with Gasteiger partial charge in [-0.2, -0.15) is 4.98 Å². The summed E-state index contributed by atoms with van der Waals surface area (Å²) >= 11 is 1.73. The molecule has 0 saturated heterocycles. The molecule has 0 bridgehead atoms. The maximum absolute atomic E-state index is 5.39. The Labute approximate surface area is 119 Å². The SMILES string of the molecule is COc1nc(N(C)C)sc1CNC(C1CC1)C1CC1. The van der Waals surface area contributed by atoms with Crippen LogP contribution in [0.3, 0.4) is 0 Å². The van der Waals surface area contributed by atoms with E-state index in [4.69, 9.17) is 4.74 Å². The van der Waals surface area contributed by atoms with Crippen LogP contribution in [0.15, 0.2) is 0 Å². The second kappa shape index (κ2) is 5.29. The van der Waals surface area contributed by atoms with Crippen molar-refractivity contribution >= 4 is 16.5 Å². The average molecular weight is 281 g/mol. The van der Waals surface area contributed by atoms with Crippen LogP contribution in [0.25, 0.3) is 0 Å². The Morgan fingerprint density at radius 2 is 1.95 bits per heavy atom. The van der Waals surface area contributed by atoms with Crippen LogP contribution in [0.2, 0.25) is 0 Å². The lowest BCUT2D eigenvalue weighted by Gasteiger charge is -2.17. The second-order valence-electron chi connectivity index (χ2n) is 5.90. The third-order valence-electron chi connectivity index (χ3n) is 3.98. The van der Waals surface area contributed by atoms with Crippen LogP contribution in [0.5, 0.6) is 5.88 Å². The summed E-state index contributed by atoms with van der Waals surface area (Å²) in [5.41, 5.74) is 0. The third-order valence-corrected chi connectivity index (χ3v) is 5.19. The summed E-state index contributed by atoms with van der Waals surface area (Å²) in [5.74, 6) is 2.64. The molecule has 0 amide bonds. The number of methoxy groups -OCH3 is 1. The fraction of sp³-hybridized carbons (Fsp3) is 0.786. The zero-order valence-corrected chi connectivity index (χ0v) is 12.8. The average Bonchev–Trinajstić information content (AvgIpc) is 3.28. The quantitative estimate of drug-likeness (QED) is 0.833. The topological polar surface area (TPSA) is 37.4 Å². The molecule has 106 valence electrons. The van der Waals surface area contributed by atoms with Gasteiger partial charge in [0.05, 0.1) is 12.0 Å². The summed E-state index contributed by atoms with van der Waals surface area (Å²) in [6.07, 6.45) is 5.65. The van der Waals surface area contributed by atoms with E-state index in [1.165, 1.54) is 30.6 Å². The first-order valence-electron chi connectivity index (χ1n) is 7.13. The normalized spacial score (nSPS) is 18.9. The number of thiazole rings is 1. The summed E-state index contributed by atoms with van der Waals surface area (Å²) in [6.45, 7) is 0.895. The molecule has 2 fully saturated rings. The highest BCUT2D eigenvalue weighted by Gasteiger charge is 2.41. The first kappa shape index (κ1) is 13.2. The number of ether oxygens (including phenoxy) is 1. The van der Waals surface area contributed by atoms with Crippen molar-refractivity contribution in [2.24, 2.45) is 11.8 Å². The van der Waals surface area contributed by atoms with Gasteiger partial charge in [0, 0.05) is 26.7 Å². The summed E-state index contributed by atoms with van der Waals surface area (Å²) in [5, 5.41) is 4.78. The van der Waals surface area contributed by atoms with Crippen LogP contribution in [0.4, 0.5) is 5.13 Å². The van der Waals surface area contributed by atoms with Crippen LogP contribution < -0.4 is 15.0 Å². The van der Waals surface area contributed by atoms with Crippen molar-refractivity contribution in [3.63, 3.8) is 0 Å². The molecule has 2 aliphatic rings. The van der Waals surface area contributed by atoms with E-state index in [0.29, 0.717) is 0 Å². The fourth-order valence-corrected chi connectivity index (χ4v) is 3.53. The van der Waals surface area contributed by atoms with Gasteiger partial charge in [0.15, 0.2) is 5.13 Å². The summed E-state index contributed by atoms with van der Waals surface area (Å²) < 4.78 is 5.39. The zero-order chi connectivity index (χ0) is 13.4. The molecule has 1 heterocycles. The maximum atomic E-state index is 5.39. The molecule has 1 aromatic heterocycles. The molecule has 0 radical (unpaired) electrons. The Morgan fingerprint density at radius 3 is 2.42 bits per heavy atom. The first-order valence-corrected chi connectivity index (χ1v) is 7.95. The Kier molecular flexibility index (Phi) is 3.67. The molecule has 0 aliphatic heterocycles. The Bertz CT molecular complexity index is 426. The van der Waals surface area contributed by atoms with Crippen molar-refractivity contribution in [2.45, 2.75) is 38.3 Å². The maximum Gasteiger partial charge on any atom is 0.230 e. The predicted molar refractivity (Wildman–Crippen MR) is 79.1 cm³/mol. The van der Waals surface area contributed by atoms with E-state index in [2.05, 4.69) is 10.3 Å². The molecule has 2 aliphatic carbocycles. The molecule has 5 heteroatoms. The first-order chi connectivity index (χ1) is 9.19. The van der Waals surface area contributed by atoms with Crippen molar-refractivity contribution in [2.75, 3.05) is 26.1 Å². The van der Waals surface area contributed by atoms with Crippen LogP contribution >= 0.6 is 11.3 Å². The molecular formula is C14H23N3OS. The minimum Gasteiger partial charge on any atom is -0.480 e. The van der Waals surface area contributed by atoms with E-state index in [-0.39, 0.29) is 0 Å². The Hall–Kier alpha value is -0.810. The molecule has 0 aromatic carbocycles. The van der Waals surface area contributed by atoms with Gasteiger partial charge in [0.1, 0.15) is 0 Å². The highest BCUT2D eigenvalue weighted by atomic mass is 32.1. The van der Waals surface area contributed by atoms with Gasteiger partial charge < -0.3 is 15.0 Å². The standard InChI is InChI=1S/C14H23N3OS/c1-17(2)14-16-13(18-3)11(19-14)8-15-12(9-4-5-9)10-6-7-10/h9-10,12,15H,4-8H2,1-3H3. The van der Waals surface area contributed by atoms with Gasteiger partial charge in [0.25, 0.3) is 0 Å². The Balaban J connectivity index is 1.64. The minimum absolute atomic E-state index is 0.731. The molecule has 4 nitrogen and oxygen atoms in total. The molecular weight excluding hydrogens is 258 g/mol. The molecule has 0 spiro atoms. The van der Waals surface area contributed by atoms with Gasteiger partial charge in [-0.05, 0) is 37.5 Å². The lowest BCUT2D eigenvalue weighted by Crippen LogP contribution is -2.32. The Morgan fingerprint density at radius 1 is 1.32 bits per heavy atom. The molecule has 1 N–H and O–H groups in total. The van der Waals surface area contributed by atoms with Gasteiger partial charge in [-0.25, -0.2) is 0 Å². The van der Waals surface area contributed by atoms with Crippen molar-refractivity contribution in [3.8, 4) is 5.88 Å². The smallest absolute Gasteiger partial charge is 0.230 e. The van der Waals surface area contributed by atoms with Crippen molar-refractivity contribution in [3.05, 3.63) is 4.88 Å². The van der Waals surface area contributed by atoms with Gasteiger partial charge in [-0.3, -0.25) is 0 Å². The highest BCUT2D eigenvalue weighted by Crippen LogP contribution is 2.44. The van der Waals surface area contributed by atoms with E-state index in [1.54, 1.807) is 18.4 Å². The molecule has 1 aromatic rings. The molecule has 0 atom stereocenters. The van der Waals surface area contributed by atoms with Crippen LogP contribution in [0, 0.1) is 11.8 Å². The molecule has 19 heavy (non-hydrogen) atoms. The monoisotopic (exact) mass is 281 g/mol. The predicted octanol–water partition coefficient (Wildman–Crippen LogP) is 2.50. The third kappa shape index (κ3) is 3.03. The number of aromatic nitrogens is 1. The summed E-state index contributed by atoms with van der Waals surface area (Å²) in [4.78, 5) is 7.77. The number of hydrogen-bond acceptors (Lipinski definition) is 5. The molecule has 0 unspecified atom stereocenters. The van der Waals surface area contributed by atoms with E-state index in [1.807, 2.05) is 19.0 Å². The molecule has 3 rings (SSSR count). The van der Waals surface area contributed by atoms with Gasteiger partial charge in [0.2, 0.25) is 5.88 Å². The number of nitrogens with zero attached hydrogens (tertiary/aromatic N) is 2. The van der Waals surface area contributed by atoms with Crippen molar-refractivity contribution in [1.82, 2.24) is 10.3 Å². The van der Waals surface area contributed by atoms with Crippen LogP contribution in [-0.2, 0) is 6.54 Å². The van der Waals surface area contributed by atoms with E-state index in [9.17, 15) is 0 Å². The van der Waals surface area contributed by atoms with E-state index < -0.39 is 0 Å². The van der Waals surface area contributed by atoms with Crippen molar-refractivity contribution < 1.29 is 4.74 Å². The number of nitrogens with one attached hydrogen (secondary N) is 1. The van der Waals surface area contributed by atoms with Gasteiger partial charge >= 0.3 is 0 Å². The van der Waals surface area contributed by atoms with Gasteiger partial charge in [-0.1, -0.05) is 11.3 Å². The minimum atomic E-state index is 0.731. The fourth-order valence-electron chi connectivity index (χ4n) is 2.63. The van der Waals surface area contributed by atoms with Crippen LogP contribution in [-0.4, -0.2) is 32.2 Å². The highest BCUT2D eigenvalue weighted by molar-refractivity contribution is 7.15. The second-order valence-corrected chi connectivity index (χ2v) is 6.97. The number of rotatable bonds is 7. The van der Waals surface area contributed by atoms with E-state index >= 15 is 0 Å². The number of anilines is 1. The summed E-state index contributed by atoms with van der Waals surface area (Å²) in [6, 6.07) is 0.731. The summed E-state index contributed by atoms with van der Waals surface area (Å²) in [7, 11) is 5.75. The lowest BCUT2D eigenvalue weighted by molar-refractivity contribution is 0.383. The largest absolute Gasteiger partial charge is 0.480 e.